The monoisotopic (exact) mass is 445 g/mol. The highest BCUT2D eigenvalue weighted by atomic mass is 35.5. The van der Waals surface area contributed by atoms with Gasteiger partial charge >= 0.3 is 0 Å². The number of halogens is 2. The van der Waals surface area contributed by atoms with Crippen LogP contribution in [0.25, 0.3) is 0 Å². The van der Waals surface area contributed by atoms with E-state index in [4.69, 9.17) is 16.3 Å². The molecule has 7 heteroatoms. The lowest BCUT2D eigenvalue weighted by atomic mass is 10.0. The fraction of sp³-hybridized carbons (Fsp3) is 0.458. The highest BCUT2D eigenvalue weighted by Crippen LogP contribution is 2.33. The maximum Gasteiger partial charge on any atom is 0.257 e. The Morgan fingerprint density at radius 1 is 1.16 bits per heavy atom. The van der Waals surface area contributed by atoms with Gasteiger partial charge in [0, 0.05) is 43.4 Å². The molecule has 1 N–H and O–H groups in total. The predicted octanol–water partition coefficient (Wildman–Crippen LogP) is 4.30. The van der Waals surface area contributed by atoms with Crippen molar-refractivity contribution in [1.29, 1.82) is 0 Å². The average Bonchev–Trinajstić information content (AvgIpc) is 3.32. The Kier molecular flexibility index (Phi) is 6.68. The minimum Gasteiger partial charge on any atom is -0.496 e. The van der Waals surface area contributed by atoms with Crippen LogP contribution in [0.5, 0.6) is 5.75 Å². The topological polar surface area (TPSA) is 44.8 Å². The van der Waals surface area contributed by atoms with Crippen LogP contribution in [0.2, 0.25) is 5.02 Å². The molecule has 2 aromatic rings. The van der Waals surface area contributed by atoms with Crippen molar-refractivity contribution in [1.82, 2.24) is 9.80 Å². The zero-order valence-corrected chi connectivity index (χ0v) is 18.8. The average molecular weight is 446 g/mol. The Morgan fingerprint density at radius 2 is 1.90 bits per heavy atom. The number of carbonyl (C=O) groups excluding carboxylic acids is 1. The van der Waals surface area contributed by atoms with Gasteiger partial charge in [-0.15, -0.1) is 0 Å². The van der Waals surface area contributed by atoms with Crippen molar-refractivity contribution in [2.75, 3.05) is 51.7 Å². The van der Waals surface area contributed by atoms with Gasteiger partial charge in [0.1, 0.15) is 11.6 Å². The number of amides is 1. The number of carbonyl (C=O) groups is 1. The summed E-state index contributed by atoms with van der Waals surface area (Å²) in [6, 6.07) is 10.2. The molecule has 31 heavy (non-hydrogen) atoms. The van der Waals surface area contributed by atoms with Crippen LogP contribution in [-0.4, -0.2) is 62.1 Å². The summed E-state index contributed by atoms with van der Waals surface area (Å²) in [4.78, 5) is 17.3. The van der Waals surface area contributed by atoms with E-state index >= 15 is 0 Å². The maximum absolute atomic E-state index is 13.7. The van der Waals surface area contributed by atoms with Gasteiger partial charge in [0.25, 0.3) is 5.91 Å². The Balaban J connectivity index is 1.23. The first kappa shape index (κ1) is 21.9. The molecule has 0 saturated carbocycles. The number of likely N-dealkylation sites (tertiary alicyclic amines) is 2. The molecule has 2 unspecified atom stereocenters. The molecule has 4 rings (SSSR count). The number of anilines is 1. The lowest BCUT2D eigenvalue weighted by Gasteiger charge is -2.22. The molecule has 2 heterocycles. The van der Waals surface area contributed by atoms with Gasteiger partial charge in [-0.3, -0.25) is 4.79 Å². The highest BCUT2D eigenvalue weighted by Gasteiger charge is 2.41. The van der Waals surface area contributed by atoms with Crippen molar-refractivity contribution in [3.05, 3.63) is 58.4 Å². The second-order valence-electron chi connectivity index (χ2n) is 8.58. The normalized spacial score (nSPS) is 20.7. The molecule has 2 saturated heterocycles. The van der Waals surface area contributed by atoms with Gasteiger partial charge in [-0.05, 0) is 67.6 Å². The number of hydrogen-bond acceptors (Lipinski definition) is 4. The Labute approximate surface area is 188 Å². The van der Waals surface area contributed by atoms with Crippen molar-refractivity contribution in [2.45, 2.75) is 13.3 Å². The number of benzene rings is 2. The summed E-state index contributed by atoms with van der Waals surface area (Å²) >= 11 is 6.18. The van der Waals surface area contributed by atoms with Crippen LogP contribution >= 0.6 is 11.6 Å². The molecule has 0 spiro atoms. The largest absolute Gasteiger partial charge is 0.496 e. The minimum absolute atomic E-state index is 0.141. The first-order chi connectivity index (χ1) is 14.9. The van der Waals surface area contributed by atoms with E-state index < -0.39 is 5.82 Å². The lowest BCUT2D eigenvalue weighted by Crippen LogP contribution is -2.34. The summed E-state index contributed by atoms with van der Waals surface area (Å²) in [6.45, 7) is 7.38. The molecule has 0 bridgehead atoms. The number of ether oxygens (including phenoxy) is 1. The van der Waals surface area contributed by atoms with Crippen LogP contribution in [0, 0.1) is 24.6 Å². The third-order valence-electron chi connectivity index (χ3n) is 6.39. The third-order valence-corrected chi connectivity index (χ3v) is 6.80. The number of aryl methyl sites for hydroxylation is 1. The first-order valence-corrected chi connectivity index (χ1v) is 11.2. The van der Waals surface area contributed by atoms with E-state index in [9.17, 15) is 9.18 Å². The van der Waals surface area contributed by atoms with Crippen molar-refractivity contribution in [3.8, 4) is 5.75 Å². The highest BCUT2D eigenvalue weighted by molar-refractivity contribution is 6.31. The molecule has 2 aromatic carbocycles. The van der Waals surface area contributed by atoms with E-state index in [0.29, 0.717) is 23.1 Å². The molecule has 2 aliphatic heterocycles. The van der Waals surface area contributed by atoms with Crippen LogP contribution in [0.15, 0.2) is 36.4 Å². The number of hydrogen-bond donors (Lipinski definition) is 1. The molecule has 2 atom stereocenters. The Hall–Kier alpha value is -2.31. The predicted molar refractivity (Wildman–Crippen MR) is 122 cm³/mol. The third kappa shape index (κ3) is 4.96. The summed E-state index contributed by atoms with van der Waals surface area (Å²) in [7, 11) is 1.50. The maximum atomic E-state index is 13.7. The fourth-order valence-corrected chi connectivity index (χ4v) is 4.88. The number of nitrogens with one attached hydrogen (secondary N) is 1. The zero-order valence-electron chi connectivity index (χ0n) is 18.0. The van der Waals surface area contributed by atoms with Gasteiger partial charge in [0.05, 0.1) is 12.7 Å². The van der Waals surface area contributed by atoms with Crippen LogP contribution in [0.3, 0.4) is 0 Å². The van der Waals surface area contributed by atoms with Gasteiger partial charge in [0.2, 0.25) is 0 Å². The van der Waals surface area contributed by atoms with Crippen LogP contribution in [0.1, 0.15) is 22.3 Å². The summed E-state index contributed by atoms with van der Waals surface area (Å²) in [6.07, 6.45) is 1.05. The molecule has 2 fully saturated rings. The number of fused-ring (bicyclic) bond motifs is 1. The molecule has 0 radical (unpaired) electrons. The van der Waals surface area contributed by atoms with E-state index in [1.54, 1.807) is 0 Å². The fourth-order valence-electron chi connectivity index (χ4n) is 4.69. The molecule has 166 valence electrons. The molecule has 1 amide bonds. The van der Waals surface area contributed by atoms with Gasteiger partial charge in [-0.2, -0.15) is 0 Å². The molecular formula is C24H29ClFN3O2. The zero-order chi connectivity index (χ0) is 22.0. The quantitative estimate of drug-likeness (QED) is 0.645. The van der Waals surface area contributed by atoms with E-state index in [2.05, 4.69) is 16.3 Å². The lowest BCUT2D eigenvalue weighted by molar-refractivity contribution is 0.0770. The van der Waals surface area contributed by atoms with Crippen molar-refractivity contribution in [2.24, 2.45) is 11.8 Å². The summed E-state index contributed by atoms with van der Waals surface area (Å²) in [5.41, 5.74) is 2.44. The van der Waals surface area contributed by atoms with E-state index in [1.165, 1.54) is 25.3 Å². The molecule has 0 aliphatic carbocycles. The number of nitrogens with zero attached hydrogens (tertiary/aromatic N) is 2. The van der Waals surface area contributed by atoms with Crippen LogP contribution in [0.4, 0.5) is 10.1 Å². The number of methoxy groups -OCH3 is 1. The standard InChI is InChI=1S/C24H29ClFN3O2/c1-16-4-6-20(11-22(16)25)27-8-3-9-28-12-17-14-29(15-18(17)13-28)24(30)21-10-19(26)5-7-23(21)31-2/h4-7,10-11,17-18,27H,3,8-9,12-15H2,1-2H3. The molecule has 5 nitrogen and oxygen atoms in total. The first-order valence-electron chi connectivity index (χ1n) is 10.8. The van der Waals surface area contributed by atoms with E-state index in [0.717, 1.165) is 62.0 Å². The second-order valence-corrected chi connectivity index (χ2v) is 8.99. The molecule has 0 aromatic heterocycles. The summed E-state index contributed by atoms with van der Waals surface area (Å²) < 4.78 is 18.9. The Bertz CT molecular complexity index is 940. The van der Waals surface area contributed by atoms with Gasteiger partial charge in [-0.1, -0.05) is 17.7 Å². The van der Waals surface area contributed by atoms with Crippen molar-refractivity contribution < 1.29 is 13.9 Å². The van der Waals surface area contributed by atoms with Gasteiger partial charge < -0.3 is 19.9 Å². The smallest absolute Gasteiger partial charge is 0.257 e. The second kappa shape index (κ2) is 9.45. The van der Waals surface area contributed by atoms with Crippen LogP contribution < -0.4 is 10.1 Å². The Morgan fingerprint density at radius 3 is 2.58 bits per heavy atom. The van der Waals surface area contributed by atoms with Gasteiger partial charge in [-0.25, -0.2) is 4.39 Å². The SMILES string of the molecule is COc1ccc(F)cc1C(=O)N1CC2CN(CCCNc3ccc(C)c(Cl)c3)CC2C1. The minimum atomic E-state index is -0.420. The molecule has 2 aliphatic rings. The van der Waals surface area contributed by atoms with Crippen molar-refractivity contribution in [3.63, 3.8) is 0 Å². The molecular weight excluding hydrogens is 417 g/mol. The van der Waals surface area contributed by atoms with Gasteiger partial charge in [0.15, 0.2) is 0 Å². The summed E-state index contributed by atoms with van der Waals surface area (Å²) in [5, 5.41) is 4.22. The summed E-state index contributed by atoms with van der Waals surface area (Å²) in [5.74, 6) is 0.821. The van der Waals surface area contributed by atoms with E-state index in [1.807, 2.05) is 24.0 Å². The number of rotatable bonds is 7. The van der Waals surface area contributed by atoms with Crippen molar-refractivity contribution >= 4 is 23.2 Å². The van der Waals surface area contributed by atoms with Crippen LogP contribution in [-0.2, 0) is 0 Å². The van der Waals surface area contributed by atoms with E-state index in [-0.39, 0.29) is 5.91 Å².